The van der Waals surface area contributed by atoms with E-state index >= 15 is 0 Å². The monoisotopic (exact) mass is 923 g/mol. The Morgan fingerprint density at radius 3 is 0.969 bits per heavy atom. The average Bonchev–Trinajstić information content (AvgIpc) is 3.09. The summed E-state index contributed by atoms with van der Waals surface area (Å²) in [6, 6.07) is 21.3. The van der Waals surface area contributed by atoms with Gasteiger partial charge in [-0.3, -0.25) is 14.4 Å². The van der Waals surface area contributed by atoms with E-state index in [-0.39, 0.29) is 43.7 Å². The zero-order valence-electron chi connectivity index (χ0n) is 45.5. The summed E-state index contributed by atoms with van der Waals surface area (Å²) < 4.78 is 0. The standard InChI is InChI=1S/C25H32OSi.C18H34OSi.C15H28OSi/c1-24(2,3)20-21(26)14-13-19-27(25(4,5)6,22-15-9-7-10-16-22)23-17-11-8-12-18-23;1-14(2)20(15(3)4,16(5)6)12-10-11-17(19)13-18(7,8)9;1-14(2,3)12-13(16)10-9-11-17(7,8)15(4,5)6/h7-12,15-18H,14,20H2,1-6H3;14-16H,11,13H2,1-9H3;10,12H2,1-8H3. The number of carbonyl (C=O) groups is 3. The number of hydrogen-bond acceptors (Lipinski definition) is 3. The van der Waals surface area contributed by atoms with Gasteiger partial charge in [0.25, 0.3) is 0 Å². The van der Waals surface area contributed by atoms with Crippen LogP contribution in [-0.4, -0.2) is 41.6 Å². The lowest BCUT2D eigenvalue weighted by Crippen LogP contribution is -2.63. The highest BCUT2D eigenvalue weighted by molar-refractivity contribution is 7.10. The van der Waals surface area contributed by atoms with E-state index in [1.807, 2.05) is 0 Å². The summed E-state index contributed by atoms with van der Waals surface area (Å²) in [5.41, 5.74) is 12.7. The third-order valence-electron chi connectivity index (χ3n) is 12.3. The van der Waals surface area contributed by atoms with Crippen LogP contribution < -0.4 is 10.4 Å². The van der Waals surface area contributed by atoms with Crippen LogP contribution in [0.5, 0.6) is 0 Å². The Bertz CT molecular complexity index is 1890. The number of rotatable bonds is 11. The highest BCUT2D eigenvalue weighted by Crippen LogP contribution is 2.41. The van der Waals surface area contributed by atoms with Gasteiger partial charge in [0.15, 0.2) is 0 Å². The van der Waals surface area contributed by atoms with Crippen LogP contribution >= 0.6 is 0 Å². The summed E-state index contributed by atoms with van der Waals surface area (Å²) in [6.07, 6.45) is 3.01. The predicted molar refractivity (Wildman–Crippen MR) is 290 cm³/mol. The Hall–Kier alpha value is -3.22. The second-order valence-corrected chi connectivity index (χ2v) is 40.3. The van der Waals surface area contributed by atoms with Crippen molar-refractivity contribution >= 4 is 51.9 Å². The van der Waals surface area contributed by atoms with Crippen LogP contribution in [0.2, 0.25) is 39.8 Å². The van der Waals surface area contributed by atoms with E-state index in [9.17, 15) is 14.4 Å². The first kappa shape index (κ1) is 60.8. The van der Waals surface area contributed by atoms with Gasteiger partial charge in [-0.1, -0.05) is 219 Å². The Labute approximate surface area is 399 Å². The highest BCUT2D eigenvalue weighted by Gasteiger charge is 2.47. The second-order valence-electron chi connectivity index (χ2n) is 25.3. The topological polar surface area (TPSA) is 51.2 Å². The van der Waals surface area contributed by atoms with E-state index in [2.05, 4.69) is 254 Å². The van der Waals surface area contributed by atoms with Gasteiger partial charge < -0.3 is 0 Å². The normalized spacial score (nSPS) is 12.6. The molecule has 2 aromatic carbocycles. The molecule has 0 amide bonds. The maximum atomic E-state index is 12.4. The van der Waals surface area contributed by atoms with Crippen LogP contribution in [0.4, 0.5) is 0 Å². The zero-order chi connectivity index (χ0) is 50.2. The number of hydrogen-bond donors (Lipinski definition) is 0. The molecular weight excluding hydrogens is 829 g/mol. The molecule has 0 unspecified atom stereocenters. The van der Waals surface area contributed by atoms with Gasteiger partial charge in [-0.2, -0.15) is 0 Å². The molecule has 0 fully saturated rings. The summed E-state index contributed by atoms with van der Waals surface area (Å²) in [6.45, 7) is 50.8. The molecule has 0 bridgehead atoms. The molecule has 3 nitrogen and oxygen atoms in total. The Balaban J connectivity index is 0.000000963. The molecule has 6 heteroatoms. The fourth-order valence-electron chi connectivity index (χ4n) is 8.26. The van der Waals surface area contributed by atoms with Gasteiger partial charge in [0, 0.05) is 19.3 Å². The van der Waals surface area contributed by atoms with Crippen molar-refractivity contribution in [1.29, 1.82) is 0 Å². The van der Waals surface area contributed by atoms with Crippen molar-refractivity contribution < 1.29 is 14.4 Å². The first-order valence-corrected chi connectivity index (χ1v) is 31.2. The molecule has 0 heterocycles. The fourth-order valence-corrected chi connectivity index (χ4v) is 18.9. The first-order valence-electron chi connectivity index (χ1n) is 24.0. The minimum atomic E-state index is -2.39. The molecule has 64 heavy (non-hydrogen) atoms. The Morgan fingerprint density at radius 2 is 0.719 bits per heavy atom. The SMILES string of the molecule is CC(C)(C)CC(=O)CC#C[Si](C)(C)C(C)(C)C.CC(C)(C)CC(=O)CC#C[Si](c1ccccc1)(c1ccccc1)C(C)(C)C.CC(C)[Si](C#CCC(=O)CC(C)(C)C)(C(C)C)C(C)C. The van der Waals surface area contributed by atoms with E-state index in [1.54, 1.807) is 0 Å². The maximum Gasteiger partial charge on any atom is 0.204 e. The van der Waals surface area contributed by atoms with E-state index in [1.165, 1.54) is 10.4 Å². The Kier molecular flexibility index (Phi) is 23.8. The van der Waals surface area contributed by atoms with Crippen LogP contribution in [0.1, 0.15) is 184 Å². The maximum absolute atomic E-state index is 12.4. The van der Waals surface area contributed by atoms with Crippen molar-refractivity contribution in [2.75, 3.05) is 0 Å². The Morgan fingerprint density at radius 1 is 0.438 bits per heavy atom. The minimum Gasteiger partial charge on any atom is -0.299 e. The lowest BCUT2D eigenvalue weighted by atomic mass is 9.89. The zero-order valence-corrected chi connectivity index (χ0v) is 48.5. The summed E-state index contributed by atoms with van der Waals surface area (Å²) in [5.74, 6) is 10.5. The van der Waals surface area contributed by atoms with Gasteiger partial charge in [0.2, 0.25) is 8.07 Å². The fraction of sp³-hybridized carbons (Fsp3) is 0.638. The quantitative estimate of drug-likeness (QED) is 0.167. The number of ketones is 3. The van der Waals surface area contributed by atoms with Crippen LogP contribution in [0, 0.1) is 50.6 Å². The molecule has 0 saturated heterocycles. The van der Waals surface area contributed by atoms with E-state index < -0.39 is 24.2 Å². The van der Waals surface area contributed by atoms with Crippen molar-refractivity contribution in [1.82, 2.24) is 0 Å². The molecular formula is C58H94O3Si3. The molecule has 0 N–H and O–H groups in total. The van der Waals surface area contributed by atoms with Gasteiger partial charge in [0.05, 0.1) is 19.3 Å². The van der Waals surface area contributed by atoms with E-state index in [0.717, 1.165) is 0 Å². The molecule has 0 aliphatic carbocycles. The smallest absolute Gasteiger partial charge is 0.204 e. The molecule has 0 radical (unpaired) electrons. The number of carbonyl (C=O) groups excluding carboxylic acids is 3. The second kappa shape index (κ2) is 25.1. The summed E-state index contributed by atoms with van der Waals surface area (Å²) in [5, 5.41) is 2.88. The van der Waals surface area contributed by atoms with Crippen molar-refractivity contribution in [2.24, 2.45) is 16.2 Å². The van der Waals surface area contributed by atoms with Crippen LogP contribution in [0.15, 0.2) is 60.7 Å². The minimum absolute atomic E-state index is 0.00419. The lowest BCUT2D eigenvalue weighted by Gasteiger charge is -2.39. The molecule has 2 rings (SSSR count). The molecule has 2 aromatic rings. The molecule has 0 atom stereocenters. The van der Waals surface area contributed by atoms with Gasteiger partial charge in [0.1, 0.15) is 33.5 Å². The lowest BCUT2D eigenvalue weighted by molar-refractivity contribution is -0.120. The van der Waals surface area contributed by atoms with Gasteiger partial charge in [-0.05, 0) is 53.3 Å². The van der Waals surface area contributed by atoms with Gasteiger partial charge in [-0.25, -0.2) is 0 Å². The van der Waals surface area contributed by atoms with Crippen LogP contribution in [0.3, 0.4) is 0 Å². The number of benzene rings is 2. The predicted octanol–water partition coefficient (Wildman–Crippen LogP) is 15.0. The van der Waals surface area contributed by atoms with E-state index in [0.29, 0.717) is 55.1 Å². The third kappa shape index (κ3) is 21.0. The van der Waals surface area contributed by atoms with Crippen molar-refractivity contribution in [3.63, 3.8) is 0 Å². The highest BCUT2D eigenvalue weighted by atomic mass is 28.3. The van der Waals surface area contributed by atoms with Gasteiger partial charge >= 0.3 is 0 Å². The summed E-state index contributed by atoms with van der Waals surface area (Å²) in [4.78, 5) is 36.1. The molecule has 0 aliphatic heterocycles. The van der Waals surface area contributed by atoms with Crippen molar-refractivity contribution in [3.05, 3.63) is 60.7 Å². The average molecular weight is 924 g/mol. The van der Waals surface area contributed by atoms with Crippen molar-refractivity contribution in [3.8, 4) is 34.4 Å². The number of Topliss-reactive ketones (excluding diaryl/α,β-unsaturated/α-hetero) is 3. The van der Waals surface area contributed by atoms with E-state index in [4.69, 9.17) is 0 Å². The van der Waals surface area contributed by atoms with Crippen LogP contribution in [0.25, 0.3) is 0 Å². The summed E-state index contributed by atoms with van der Waals surface area (Å²) >= 11 is 0. The largest absolute Gasteiger partial charge is 0.299 e. The molecule has 0 spiro atoms. The molecule has 356 valence electrons. The molecule has 0 saturated carbocycles. The van der Waals surface area contributed by atoms with Crippen LogP contribution in [-0.2, 0) is 14.4 Å². The summed E-state index contributed by atoms with van der Waals surface area (Å²) in [7, 11) is -5.60. The first-order chi connectivity index (χ1) is 28.8. The molecule has 0 aliphatic rings. The van der Waals surface area contributed by atoms with Gasteiger partial charge in [-0.15, -0.1) is 34.4 Å². The van der Waals surface area contributed by atoms with Crippen molar-refractivity contribution in [2.45, 2.75) is 224 Å². The molecule has 0 aromatic heterocycles. The third-order valence-corrected chi connectivity index (χ3v) is 28.4.